The van der Waals surface area contributed by atoms with Crippen LogP contribution in [0, 0.1) is 11.6 Å². The number of nitrogens with one attached hydrogen (secondary N) is 2. The fraction of sp³-hybridized carbons (Fsp3) is 0.357. The number of oxime groups is 1. The van der Waals surface area contributed by atoms with E-state index in [1.54, 1.807) is 0 Å². The molecular weight excluding hydrogens is 322 g/mol. The molecule has 2 N–H and O–H groups in total. The molecule has 1 amide bonds. The highest BCUT2D eigenvalue weighted by atomic mass is 19.1. The number of hydrogen-bond donors (Lipinski definition) is 2. The number of tetrazole rings is 1. The van der Waals surface area contributed by atoms with Gasteiger partial charge >= 0.3 is 0 Å². The minimum absolute atomic E-state index is 0.00883. The van der Waals surface area contributed by atoms with Crippen LogP contribution in [0.3, 0.4) is 0 Å². The van der Waals surface area contributed by atoms with Crippen molar-refractivity contribution in [2.45, 2.75) is 25.4 Å². The molecule has 0 bridgehead atoms. The molecule has 1 aromatic heterocycles. The second-order valence-electron chi connectivity index (χ2n) is 5.38. The lowest BCUT2D eigenvalue weighted by Crippen LogP contribution is -2.37. The van der Waals surface area contributed by atoms with Gasteiger partial charge in [0.15, 0.2) is 5.82 Å². The van der Waals surface area contributed by atoms with Crippen molar-refractivity contribution < 1.29 is 18.4 Å². The van der Waals surface area contributed by atoms with Crippen molar-refractivity contribution in [1.82, 2.24) is 25.9 Å². The largest absolute Gasteiger partial charge is 0.382 e. The molecule has 0 spiro atoms. The Kier molecular flexibility index (Phi) is 4.45. The van der Waals surface area contributed by atoms with Crippen molar-refractivity contribution in [2.24, 2.45) is 5.16 Å². The topological polar surface area (TPSA) is 105 Å². The van der Waals surface area contributed by atoms with Crippen LogP contribution in [0.4, 0.5) is 8.78 Å². The van der Waals surface area contributed by atoms with Gasteiger partial charge in [0, 0.05) is 24.4 Å². The van der Waals surface area contributed by atoms with Crippen molar-refractivity contribution in [3.63, 3.8) is 0 Å². The zero-order valence-electron chi connectivity index (χ0n) is 12.7. The maximum atomic E-state index is 13.7. The minimum Gasteiger partial charge on any atom is -0.382 e. The molecule has 0 fully saturated rings. The molecule has 3 rings (SSSR count). The van der Waals surface area contributed by atoms with Crippen molar-refractivity contribution in [3.8, 4) is 0 Å². The Labute approximate surface area is 135 Å². The number of aromatic nitrogens is 4. The second kappa shape index (κ2) is 6.69. The smallest absolute Gasteiger partial charge is 0.264 e. The predicted molar refractivity (Wildman–Crippen MR) is 78.0 cm³/mol. The Morgan fingerprint density at radius 2 is 2.33 bits per heavy atom. The lowest BCUT2D eigenvalue weighted by molar-refractivity contribution is -0.131. The summed E-state index contributed by atoms with van der Waals surface area (Å²) in [6, 6.07) is 3.04. The third-order valence-electron chi connectivity index (χ3n) is 3.59. The van der Waals surface area contributed by atoms with Gasteiger partial charge in [-0.1, -0.05) is 17.3 Å². The molecule has 2 heterocycles. The monoisotopic (exact) mass is 336 g/mol. The Hall–Kier alpha value is -2.91. The summed E-state index contributed by atoms with van der Waals surface area (Å²) in [6.45, 7) is 2.10. The molecule has 24 heavy (non-hydrogen) atoms. The first-order valence-corrected chi connectivity index (χ1v) is 7.23. The number of carbonyl (C=O) groups is 1. The molecule has 10 heteroatoms. The van der Waals surface area contributed by atoms with E-state index in [1.165, 1.54) is 0 Å². The van der Waals surface area contributed by atoms with Crippen LogP contribution >= 0.6 is 0 Å². The summed E-state index contributed by atoms with van der Waals surface area (Å²) in [5.74, 6) is -1.28. The molecule has 0 saturated heterocycles. The normalized spacial score (nSPS) is 18.0. The van der Waals surface area contributed by atoms with Crippen LogP contribution in [0.15, 0.2) is 23.4 Å². The standard InChI is InChI=1S/C14H14F2N6O2/c1-7(13-18-21-22-19-13)6-17-14(23)12-5-11(20-24-12)9-4-8(15)2-3-10(9)16/h2-4,7,12H,5-6H2,1H3,(H,17,23)(H,18,19,21,22)/t7-,12-/m1/s1. The Morgan fingerprint density at radius 3 is 3.08 bits per heavy atom. The molecular formula is C14H14F2N6O2. The molecule has 126 valence electrons. The maximum absolute atomic E-state index is 13.7. The lowest BCUT2D eigenvalue weighted by atomic mass is 10.0. The van der Waals surface area contributed by atoms with Gasteiger partial charge in [-0.05, 0) is 18.2 Å². The predicted octanol–water partition coefficient (Wildman–Crippen LogP) is 0.891. The molecule has 1 aliphatic heterocycles. The van der Waals surface area contributed by atoms with Crippen LogP contribution < -0.4 is 5.32 Å². The van der Waals surface area contributed by atoms with Crippen LogP contribution in [0.5, 0.6) is 0 Å². The van der Waals surface area contributed by atoms with E-state index in [9.17, 15) is 13.6 Å². The first-order chi connectivity index (χ1) is 11.5. The summed E-state index contributed by atoms with van der Waals surface area (Å²) in [5, 5.41) is 19.8. The Balaban J connectivity index is 1.56. The first kappa shape index (κ1) is 16.0. The maximum Gasteiger partial charge on any atom is 0.264 e. The number of rotatable bonds is 5. The number of aromatic amines is 1. The minimum atomic E-state index is -0.889. The molecule has 0 radical (unpaired) electrons. The number of halogens is 2. The highest BCUT2D eigenvalue weighted by Crippen LogP contribution is 2.20. The number of benzene rings is 1. The fourth-order valence-corrected chi connectivity index (χ4v) is 2.23. The van der Waals surface area contributed by atoms with E-state index in [0.29, 0.717) is 5.82 Å². The average molecular weight is 336 g/mol. The summed E-state index contributed by atoms with van der Waals surface area (Å²) < 4.78 is 27.0. The van der Waals surface area contributed by atoms with Crippen LogP contribution in [0.2, 0.25) is 0 Å². The Bertz CT molecular complexity index is 765. The van der Waals surface area contributed by atoms with Crippen LogP contribution in [0.1, 0.15) is 30.7 Å². The second-order valence-corrected chi connectivity index (χ2v) is 5.38. The van der Waals surface area contributed by atoms with E-state index in [-0.39, 0.29) is 30.2 Å². The quantitative estimate of drug-likeness (QED) is 0.844. The molecule has 2 aromatic rings. The van der Waals surface area contributed by atoms with Gasteiger partial charge in [-0.25, -0.2) is 8.78 Å². The highest BCUT2D eigenvalue weighted by molar-refractivity contribution is 6.04. The first-order valence-electron chi connectivity index (χ1n) is 7.23. The third kappa shape index (κ3) is 3.36. The molecule has 8 nitrogen and oxygen atoms in total. The molecule has 0 aliphatic carbocycles. The van der Waals surface area contributed by atoms with Gasteiger partial charge in [0.25, 0.3) is 5.91 Å². The summed E-state index contributed by atoms with van der Waals surface area (Å²) in [5.41, 5.74) is 0.184. The molecule has 0 saturated carbocycles. The van der Waals surface area contributed by atoms with Crippen molar-refractivity contribution in [2.75, 3.05) is 6.54 Å². The van der Waals surface area contributed by atoms with Gasteiger partial charge < -0.3 is 10.2 Å². The van der Waals surface area contributed by atoms with Gasteiger partial charge in [0.05, 0.1) is 5.71 Å². The lowest BCUT2D eigenvalue weighted by Gasteiger charge is -2.12. The fourth-order valence-electron chi connectivity index (χ4n) is 2.23. The summed E-state index contributed by atoms with van der Waals surface area (Å²) in [7, 11) is 0. The van der Waals surface area contributed by atoms with Gasteiger partial charge in [0.1, 0.15) is 11.6 Å². The van der Waals surface area contributed by atoms with Crippen LogP contribution in [0.25, 0.3) is 0 Å². The number of nitrogens with zero attached hydrogens (tertiary/aromatic N) is 4. The van der Waals surface area contributed by atoms with Gasteiger partial charge in [-0.15, -0.1) is 10.2 Å². The number of H-pyrrole nitrogens is 1. The van der Waals surface area contributed by atoms with Crippen molar-refractivity contribution in [1.29, 1.82) is 0 Å². The van der Waals surface area contributed by atoms with Gasteiger partial charge in [0.2, 0.25) is 6.10 Å². The van der Waals surface area contributed by atoms with E-state index in [0.717, 1.165) is 18.2 Å². The third-order valence-corrected chi connectivity index (χ3v) is 3.59. The average Bonchev–Trinajstić information content (AvgIpc) is 3.26. The number of hydrogen-bond acceptors (Lipinski definition) is 6. The van der Waals surface area contributed by atoms with Crippen molar-refractivity contribution >= 4 is 11.6 Å². The summed E-state index contributed by atoms with van der Waals surface area (Å²) >= 11 is 0. The summed E-state index contributed by atoms with van der Waals surface area (Å²) in [4.78, 5) is 17.1. The number of amides is 1. The zero-order chi connectivity index (χ0) is 17.1. The molecule has 2 atom stereocenters. The zero-order valence-corrected chi connectivity index (χ0v) is 12.7. The molecule has 1 aromatic carbocycles. The summed E-state index contributed by atoms with van der Waals surface area (Å²) in [6.07, 6.45) is -0.830. The van der Waals surface area contributed by atoms with E-state index in [4.69, 9.17) is 4.84 Å². The van der Waals surface area contributed by atoms with E-state index >= 15 is 0 Å². The number of carbonyl (C=O) groups excluding carboxylic acids is 1. The molecule has 1 aliphatic rings. The van der Waals surface area contributed by atoms with Gasteiger partial charge in [-0.3, -0.25) is 4.79 Å². The van der Waals surface area contributed by atoms with E-state index in [1.807, 2.05) is 6.92 Å². The van der Waals surface area contributed by atoms with E-state index in [2.05, 4.69) is 31.1 Å². The van der Waals surface area contributed by atoms with Crippen LogP contribution in [-0.2, 0) is 9.63 Å². The highest BCUT2D eigenvalue weighted by Gasteiger charge is 2.30. The van der Waals surface area contributed by atoms with E-state index < -0.39 is 23.6 Å². The molecule has 0 unspecified atom stereocenters. The SMILES string of the molecule is C[C@H](CNC(=O)[C@H]1CC(c2cc(F)ccc2F)=NO1)c1nn[nH]n1. The van der Waals surface area contributed by atoms with Gasteiger partial charge in [-0.2, -0.15) is 5.21 Å². The Morgan fingerprint density at radius 1 is 1.50 bits per heavy atom. The van der Waals surface area contributed by atoms with Crippen LogP contribution in [-0.4, -0.2) is 44.9 Å². The van der Waals surface area contributed by atoms with Crippen molar-refractivity contribution in [3.05, 3.63) is 41.2 Å².